The van der Waals surface area contributed by atoms with E-state index in [9.17, 15) is 24.0 Å². The van der Waals surface area contributed by atoms with Crippen molar-refractivity contribution in [3.63, 3.8) is 0 Å². The van der Waals surface area contributed by atoms with Crippen molar-refractivity contribution in [2.75, 3.05) is 6.61 Å². The standard InChI is InChI=1S/C32H44N4O10/c1-16-8-10-24-17(2)9-11-25(26(24)12-16)18(3)31(41)33-13-23-14-36(35-34-23)32-30(45-22(7)40)29(44-21(6)39)28(43-20(5)38)27(46-32)15-42-19(4)37/h12,14,17,24-30,32H,3,8-11,13,15H2,1-2,4-7H3,(H,33,41)/t17-,24+,25+,26+,27?,28?,29?,30?,32?/m1/s1. The highest BCUT2D eigenvalue weighted by atomic mass is 16.7. The second-order valence-electron chi connectivity index (χ2n) is 12.4. The van der Waals surface area contributed by atoms with Gasteiger partial charge in [-0.3, -0.25) is 24.0 Å². The van der Waals surface area contributed by atoms with Gasteiger partial charge in [0.2, 0.25) is 5.91 Å². The fourth-order valence-electron chi connectivity index (χ4n) is 6.85. The van der Waals surface area contributed by atoms with E-state index in [4.69, 9.17) is 23.7 Å². The van der Waals surface area contributed by atoms with Crippen LogP contribution in [-0.2, 0) is 54.2 Å². The van der Waals surface area contributed by atoms with E-state index in [2.05, 4.69) is 42.1 Å². The van der Waals surface area contributed by atoms with Gasteiger partial charge >= 0.3 is 23.9 Å². The number of esters is 4. The molecular formula is C32H44N4O10. The van der Waals surface area contributed by atoms with Crippen molar-refractivity contribution in [2.45, 2.75) is 104 Å². The van der Waals surface area contributed by atoms with Crippen molar-refractivity contribution in [1.82, 2.24) is 20.3 Å². The summed E-state index contributed by atoms with van der Waals surface area (Å²) < 4.78 is 28.9. The molecule has 1 N–H and O–H groups in total. The number of hydrogen-bond acceptors (Lipinski definition) is 12. The highest BCUT2D eigenvalue weighted by Crippen LogP contribution is 2.47. The SMILES string of the molecule is C=C(C(=O)NCc1cn(C2OC(COC(C)=O)C(OC(C)=O)C(OC(C)=O)C2OC(C)=O)nn1)[C@@H]1CC[C@@H](C)[C@@H]2CCC(C)=C[C@@H]21. The lowest BCUT2D eigenvalue weighted by Gasteiger charge is -2.44. The Morgan fingerprint density at radius 2 is 1.61 bits per heavy atom. The summed E-state index contributed by atoms with van der Waals surface area (Å²) in [6, 6.07) is 0. The molecule has 1 saturated heterocycles. The Kier molecular flexibility index (Phi) is 11.4. The molecule has 1 amide bonds. The molecular weight excluding hydrogens is 600 g/mol. The maximum atomic E-state index is 13.3. The van der Waals surface area contributed by atoms with Gasteiger partial charge in [-0.2, -0.15) is 0 Å². The summed E-state index contributed by atoms with van der Waals surface area (Å²) in [7, 11) is 0. The van der Waals surface area contributed by atoms with Crippen molar-refractivity contribution < 1.29 is 47.7 Å². The topological polar surface area (TPSA) is 174 Å². The third-order valence-electron chi connectivity index (χ3n) is 8.93. The Bertz CT molecular complexity index is 1370. The molecule has 1 saturated carbocycles. The summed E-state index contributed by atoms with van der Waals surface area (Å²) in [4.78, 5) is 61.1. The Labute approximate surface area is 268 Å². The van der Waals surface area contributed by atoms with Crippen LogP contribution >= 0.6 is 0 Å². The Morgan fingerprint density at radius 1 is 0.957 bits per heavy atom. The smallest absolute Gasteiger partial charge is 0.303 e. The number of carbonyl (C=O) groups is 5. The number of aromatic nitrogens is 3. The Hall–Kier alpha value is -4.07. The van der Waals surface area contributed by atoms with Crippen LogP contribution in [0.5, 0.6) is 0 Å². The minimum absolute atomic E-state index is 0.0230. The lowest BCUT2D eigenvalue weighted by Crippen LogP contribution is -2.60. The van der Waals surface area contributed by atoms with Crippen LogP contribution in [0.25, 0.3) is 0 Å². The number of ether oxygens (including phenoxy) is 5. The lowest BCUT2D eigenvalue weighted by atomic mass is 9.61. The van der Waals surface area contributed by atoms with E-state index >= 15 is 0 Å². The summed E-state index contributed by atoms with van der Waals surface area (Å²) in [5, 5.41) is 11.2. The van der Waals surface area contributed by atoms with Crippen LogP contribution in [0.15, 0.2) is 30.0 Å². The van der Waals surface area contributed by atoms with Gasteiger partial charge in [-0.15, -0.1) is 5.10 Å². The lowest BCUT2D eigenvalue weighted by molar-refractivity contribution is -0.270. The summed E-state index contributed by atoms with van der Waals surface area (Å²) in [5.41, 5.74) is 2.25. The van der Waals surface area contributed by atoms with Crippen molar-refractivity contribution in [1.29, 1.82) is 0 Å². The fraction of sp³-hybridized carbons (Fsp3) is 0.656. The number of fused-ring (bicyclic) bond motifs is 1. The third kappa shape index (κ3) is 8.39. The molecule has 2 fully saturated rings. The van der Waals surface area contributed by atoms with Crippen LogP contribution in [0, 0.1) is 23.7 Å². The summed E-state index contributed by atoms with van der Waals surface area (Å²) in [6.07, 6.45) is 1.62. The Morgan fingerprint density at radius 3 is 2.26 bits per heavy atom. The third-order valence-corrected chi connectivity index (χ3v) is 8.93. The van der Waals surface area contributed by atoms with E-state index < -0.39 is 54.5 Å². The number of nitrogens with zero attached hydrogens (tertiary/aromatic N) is 3. The average molecular weight is 645 g/mol. The zero-order chi connectivity index (χ0) is 33.7. The maximum absolute atomic E-state index is 13.3. The van der Waals surface area contributed by atoms with Gasteiger partial charge in [0.1, 0.15) is 18.4 Å². The predicted molar refractivity (Wildman–Crippen MR) is 160 cm³/mol. The molecule has 46 heavy (non-hydrogen) atoms. The van der Waals surface area contributed by atoms with Crippen LogP contribution in [0.4, 0.5) is 0 Å². The van der Waals surface area contributed by atoms with Crippen molar-refractivity contribution in [3.8, 4) is 0 Å². The summed E-state index contributed by atoms with van der Waals surface area (Å²) in [6.45, 7) is 12.9. The molecule has 4 rings (SSSR count). The fourth-order valence-corrected chi connectivity index (χ4v) is 6.85. The molecule has 3 aliphatic rings. The van der Waals surface area contributed by atoms with Crippen LogP contribution in [-0.4, -0.2) is 75.8 Å². The predicted octanol–water partition coefficient (Wildman–Crippen LogP) is 2.72. The first-order chi connectivity index (χ1) is 21.7. The van der Waals surface area contributed by atoms with E-state index in [-0.39, 0.29) is 25.0 Å². The average Bonchev–Trinajstić information content (AvgIpc) is 3.45. The molecule has 2 aliphatic carbocycles. The van der Waals surface area contributed by atoms with Crippen molar-refractivity contribution >= 4 is 29.8 Å². The van der Waals surface area contributed by atoms with Gasteiger partial charge in [0.15, 0.2) is 24.5 Å². The molecule has 5 unspecified atom stereocenters. The number of allylic oxidation sites excluding steroid dienone is 2. The van der Waals surface area contributed by atoms with Gasteiger partial charge in [0, 0.05) is 33.3 Å². The number of rotatable bonds is 10. The molecule has 9 atom stereocenters. The van der Waals surface area contributed by atoms with Gasteiger partial charge in [0.25, 0.3) is 0 Å². The van der Waals surface area contributed by atoms with Gasteiger partial charge in [-0.1, -0.05) is 30.4 Å². The van der Waals surface area contributed by atoms with E-state index in [1.54, 1.807) is 0 Å². The first-order valence-corrected chi connectivity index (χ1v) is 15.6. The number of carbonyl (C=O) groups excluding carboxylic acids is 5. The molecule has 14 nitrogen and oxygen atoms in total. The zero-order valence-electron chi connectivity index (χ0n) is 27.2. The highest BCUT2D eigenvalue weighted by Gasteiger charge is 2.53. The van der Waals surface area contributed by atoms with Crippen LogP contribution < -0.4 is 5.32 Å². The zero-order valence-corrected chi connectivity index (χ0v) is 27.2. The highest BCUT2D eigenvalue weighted by molar-refractivity contribution is 5.93. The molecule has 14 heteroatoms. The molecule has 0 aromatic carbocycles. The quantitative estimate of drug-likeness (QED) is 0.171. The van der Waals surface area contributed by atoms with Crippen LogP contribution in [0.2, 0.25) is 0 Å². The number of hydrogen-bond donors (Lipinski definition) is 1. The van der Waals surface area contributed by atoms with Crippen molar-refractivity contribution in [3.05, 3.63) is 35.7 Å². The second kappa shape index (κ2) is 15.0. The van der Waals surface area contributed by atoms with Gasteiger partial charge in [-0.05, 0) is 56.3 Å². The molecule has 0 radical (unpaired) electrons. The maximum Gasteiger partial charge on any atom is 0.303 e. The van der Waals surface area contributed by atoms with E-state index in [0.29, 0.717) is 29.0 Å². The molecule has 2 heterocycles. The largest absolute Gasteiger partial charge is 0.463 e. The molecule has 0 spiro atoms. The van der Waals surface area contributed by atoms with E-state index in [1.165, 1.54) is 23.4 Å². The van der Waals surface area contributed by atoms with E-state index in [1.807, 2.05) is 0 Å². The van der Waals surface area contributed by atoms with Crippen LogP contribution in [0.3, 0.4) is 0 Å². The normalized spacial score (nSPS) is 30.6. The number of nitrogens with one attached hydrogen (secondary N) is 1. The minimum Gasteiger partial charge on any atom is -0.463 e. The first-order valence-electron chi connectivity index (χ1n) is 15.6. The molecule has 252 valence electrons. The minimum atomic E-state index is -1.35. The number of amides is 1. The van der Waals surface area contributed by atoms with E-state index in [0.717, 1.165) is 46.5 Å². The van der Waals surface area contributed by atoms with Crippen LogP contribution in [0.1, 0.15) is 79.1 Å². The first kappa shape index (κ1) is 34.8. The molecule has 1 aromatic rings. The second-order valence-corrected chi connectivity index (χ2v) is 12.4. The molecule has 1 aliphatic heterocycles. The Balaban J connectivity index is 1.52. The monoisotopic (exact) mass is 644 g/mol. The molecule has 1 aromatic heterocycles. The summed E-state index contributed by atoms with van der Waals surface area (Å²) >= 11 is 0. The van der Waals surface area contributed by atoms with Crippen molar-refractivity contribution in [2.24, 2.45) is 23.7 Å². The van der Waals surface area contributed by atoms with Gasteiger partial charge in [-0.25, -0.2) is 4.68 Å². The summed E-state index contributed by atoms with van der Waals surface area (Å²) in [5.74, 6) is -1.61. The van der Waals surface area contributed by atoms with Gasteiger partial charge in [0.05, 0.1) is 12.7 Å². The molecule has 0 bridgehead atoms. The van der Waals surface area contributed by atoms with Gasteiger partial charge < -0.3 is 29.0 Å².